The van der Waals surface area contributed by atoms with Crippen molar-refractivity contribution >= 4 is 55.5 Å². The molecule has 0 unspecified atom stereocenters. The van der Waals surface area contributed by atoms with Crippen molar-refractivity contribution in [2.75, 3.05) is 0 Å². The van der Waals surface area contributed by atoms with E-state index in [4.69, 9.17) is 23.2 Å². The van der Waals surface area contributed by atoms with E-state index >= 15 is 0 Å². The monoisotopic (exact) mass is 362 g/mol. The van der Waals surface area contributed by atoms with Crippen LogP contribution in [0.15, 0.2) is 66.7 Å². The molecular formula is C22H12Cl2O. The van der Waals surface area contributed by atoms with E-state index in [1.54, 1.807) is 6.07 Å². The van der Waals surface area contributed by atoms with Gasteiger partial charge in [-0.3, -0.25) is 0 Å². The van der Waals surface area contributed by atoms with Crippen LogP contribution in [0.4, 0.5) is 0 Å². The minimum absolute atomic E-state index is 0.242. The molecule has 1 nitrogen and oxygen atoms in total. The molecule has 0 aliphatic rings. The number of aromatic hydroxyl groups is 1. The SMILES string of the molecule is Oc1ccccc1-c1cc(Cl)c2ccc3ccc(Cl)c4ccc1c2c34. The third-order valence-electron chi connectivity index (χ3n) is 4.87. The lowest BCUT2D eigenvalue weighted by Gasteiger charge is -2.16. The zero-order chi connectivity index (χ0) is 17.1. The fraction of sp³-hybridized carbons (Fsp3) is 0. The van der Waals surface area contributed by atoms with Crippen LogP contribution in [0.3, 0.4) is 0 Å². The Hall–Kier alpha value is -2.48. The smallest absolute Gasteiger partial charge is 0.123 e. The predicted octanol–water partition coefficient (Wildman–Crippen LogP) is 7.26. The van der Waals surface area contributed by atoms with E-state index in [0.717, 1.165) is 48.5 Å². The Bertz CT molecular complexity index is 1270. The summed E-state index contributed by atoms with van der Waals surface area (Å²) >= 11 is 13.0. The van der Waals surface area contributed by atoms with Gasteiger partial charge < -0.3 is 5.11 Å². The molecule has 0 heterocycles. The second kappa shape index (κ2) is 5.26. The van der Waals surface area contributed by atoms with E-state index < -0.39 is 0 Å². The average molecular weight is 363 g/mol. The van der Waals surface area contributed by atoms with Crippen LogP contribution in [0.25, 0.3) is 43.4 Å². The zero-order valence-electron chi connectivity index (χ0n) is 13.1. The summed E-state index contributed by atoms with van der Waals surface area (Å²) in [6, 6.07) is 21.5. The van der Waals surface area contributed by atoms with E-state index in [2.05, 4.69) is 18.2 Å². The molecule has 0 saturated heterocycles. The molecule has 5 aromatic carbocycles. The van der Waals surface area contributed by atoms with E-state index in [-0.39, 0.29) is 5.75 Å². The summed E-state index contributed by atoms with van der Waals surface area (Å²) in [5, 5.41) is 18.1. The summed E-state index contributed by atoms with van der Waals surface area (Å²) in [5.74, 6) is 0.242. The highest BCUT2D eigenvalue weighted by Gasteiger charge is 2.17. The molecule has 0 aliphatic carbocycles. The highest BCUT2D eigenvalue weighted by atomic mass is 35.5. The molecule has 3 heteroatoms. The summed E-state index contributed by atoms with van der Waals surface area (Å²) in [6.07, 6.45) is 0. The van der Waals surface area contributed by atoms with E-state index in [1.807, 2.05) is 42.5 Å². The molecule has 25 heavy (non-hydrogen) atoms. The molecule has 0 bridgehead atoms. The van der Waals surface area contributed by atoms with Crippen molar-refractivity contribution in [1.82, 2.24) is 0 Å². The van der Waals surface area contributed by atoms with Crippen LogP contribution in [0.5, 0.6) is 5.75 Å². The first-order chi connectivity index (χ1) is 12.1. The molecule has 5 rings (SSSR count). The number of phenolic OH excluding ortho intramolecular Hbond substituents is 1. The topological polar surface area (TPSA) is 20.2 Å². The van der Waals surface area contributed by atoms with Crippen LogP contribution >= 0.6 is 23.2 Å². The quantitative estimate of drug-likeness (QED) is 0.311. The van der Waals surface area contributed by atoms with Crippen molar-refractivity contribution in [2.24, 2.45) is 0 Å². The lowest BCUT2D eigenvalue weighted by Crippen LogP contribution is -1.89. The Balaban J connectivity index is 2.06. The third-order valence-corrected chi connectivity index (χ3v) is 5.51. The Labute approximate surface area is 154 Å². The predicted molar refractivity (Wildman–Crippen MR) is 107 cm³/mol. The van der Waals surface area contributed by atoms with Gasteiger partial charge in [-0.25, -0.2) is 0 Å². The fourth-order valence-corrected chi connectivity index (χ4v) is 4.23. The molecule has 0 amide bonds. The Kier molecular flexibility index (Phi) is 3.12. The van der Waals surface area contributed by atoms with Gasteiger partial charge in [-0.05, 0) is 45.3 Å². The van der Waals surface area contributed by atoms with E-state index in [1.165, 1.54) is 0 Å². The van der Waals surface area contributed by atoms with Gasteiger partial charge >= 0.3 is 0 Å². The van der Waals surface area contributed by atoms with E-state index in [0.29, 0.717) is 5.02 Å². The number of para-hydroxylation sites is 1. The summed E-state index contributed by atoms with van der Waals surface area (Å²) in [6.45, 7) is 0. The molecule has 0 radical (unpaired) electrons. The summed E-state index contributed by atoms with van der Waals surface area (Å²) in [7, 11) is 0. The number of halogens is 2. The molecular weight excluding hydrogens is 351 g/mol. The first-order valence-corrected chi connectivity index (χ1v) is 8.74. The Morgan fingerprint density at radius 1 is 0.600 bits per heavy atom. The zero-order valence-corrected chi connectivity index (χ0v) is 14.6. The molecule has 5 aromatic rings. The van der Waals surface area contributed by atoms with Crippen molar-refractivity contribution < 1.29 is 5.11 Å². The van der Waals surface area contributed by atoms with Crippen LogP contribution in [0.2, 0.25) is 10.0 Å². The minimum atomic E-state index is 0.242. The van der Waals surface area contributed by atoms with Crippen LogP contribution in [0, 0.1) is 0 Å². The minimum Gasteiger partial charge on any atom is -0.507 e. The van der Waals surface area contributed by atoms with Gasteiger partial charge in [0.1, 0.15) is 5.75 Å². The molecule has 0 fully saturated rings. The third kappa shape index (κ3) is 2.03. The van der Waals surface area contributed by atoms with Crippen LogP contribution in [-0.4, -0.2) is 5.11 Å². The maximum absolute atomic E-state index is 10.3. The van der Waals surface area contributed by atoms with Gasteiger partial charge in [0.05, 0.1) is 0 Å². The Morgan fingerprint density at radius 2 is 1.28 bits per heavy atom. The standard InChI is InChI=1S/C22H12Cl2O/c23-18-10-6-12-5-7-16-19(24)11-17(13-3-1-2-4-20(13)25)14-8-9-15(18)21(12)22(14)16/h1-11,25H. The van der Waals surface area contributed by atoms with Crippen molar-refractivity contribution in [2.45, 2.75) is 0 Å². The summed E-state index contributed by atoms with van der Waals surface area (Å²) < 4.78 is 0. The first-order valence-electron chi connectivity index (χ1n) is 7.99. The van der Waals surface area contributed by atoms with Gasteiger partial charge in [-0.1, -0.05) is 71.7 Å². The molecule has 0 saturated carbocycles. The van der Waals surface area contributed by atoms with Gasteiger partial charge in [-0.2, -0.15) is 0 Å². The van der Waals surface area contributed by atoms with Crippen molar-refractivity contribution in [3.63, 3.8) is 0 Å². The molecule has 0 aliphatic heterocycles. The molecule has 0 aromatic heterocycles. The number of phenols is 1. The molecule has 120 valence electrons. The van der Waals surface area contributed by atoms with Gasteiger partial charge in [0.25, 0.3) is 0 Å². The number of rotatable bonds is 1. The number of hydrogen-bond acceptors (Lipinski definition) is 1. The van der Waals surface area contributed by atoms with Crippen molar-refractivity contribution in [1.29, 1.82) is 0 Å². The second-order valence-corrected chi connectivity index (χ2v) is 7.03. The molecule has 0 spiro atoms. The largest absolute Gasteiger partial charge is 0.507 e. The van der Waals surface area contributed by atoms with Crippen molar-refractivity contribution in [3.8, 4) is 16.9 Å². The Morgan fingerprint density at radius 3 is 2.12 bits per heavy atom. The number of hydrogen-bond donors (Lipinski definition) is 1. The van der Waals surface area contributed by atoms with Gasteiger partial charge in [0.2, 0.25) is 0 Å². The maximum atomic E-state index is 10.3. The van der Waals surface area contributed by atoms with Crippen LogP contribution < -0.4 is 0 Å². The summed E-state index contributed by atoms with van der Waals surface area (Å²) in [5.41, 5.74) is 1.69. The van der Waals surface area contributed by atoms with Crippen LogP contribution in [0.1, 0.15) is 0 Å². The molecule has 0 atom stereocenters. The van der Waals surface area contributed by atoms with Gasteiger partial charge in [0, 0.05) is 26.4 Å². The lowest BCUT2D eigenvalue weighted by molar-refractivity contribution is 0.477. The normalized spacial score (nSPS) is 11.8. The van der Waals surface area contributed by atoms with E-state index in [9.17, 15) is 5.11 Å². The lowest BCUT2D eigenvalue weighted by atomic mass is 9.89. The van der Waals surface area contributed by atoms with Gasteiger partial charge in [0.15, 0.2) is 0 Å². The maximum Gasteiger partial charge on any atom is 0.123 e. The van der Waals surface area contributed by atoms with Crippen LogP contribution in [-0.2, 0) is 0 Å². The van der Waals surface area contributed by atoms with Crippen molar-refractivity contribution in [3.05, 3.63) is 76.8 Å². The molecule has 1 N–H and O–H groups in total. The highest BCUT2D eigenvalue weighted by molar-refractivity contribution is 6.42. The van der Waals surface area contributed by atoms with Gasteiger partial charge in [-0.15, -0.1) is 0 Å². The summed E-state index contributed by atoms with van der Waals surface area (Å²) in [4.78, 5) is 0. The second-order valence-electron chi connectivity index (χ2n) is 6.22. The highest BCUT2D eigenvalue weighted by Crippen LogP contribution is 2.45. The number of benzene rings is 5. The first kappa shape index (κ1) is 14.8. The average Bonchev–Trinajstić information content (AvgIpc) is 2.63. The fourth-order valence-electron chi connectivity index (χ4n) is 3.74.